The van der Waals surface area contributed by atoms with Gasteiger partial charge in [-0.15, -0.1) is 0 Å². The van der Waals surface area contributed by atoms with Crippen molar-refractivity contribution in [3.63, 3.8) is 0 Å². The van der Waals surface area contributed by atoms with Gasteiger partial charge in [0, 0.05) is 12.4 Å². The van der Waals surface area contributed by atoms with Crippen molar-refractivity contribution in [3.8, 4) is 5.69 Å². The third-order valence-electron chi connectivity index (χ3n) is 4.27. The van der Waals surface area contributed by atoms with E-state index in [4.69, 9.17) is 4.74 Å². The Labute approximate surface area is 136 Å². The number of nitrogens with one attached hydrogen (secondary N) is 1. The van der Waals surface area contributed by atoms with Crippen LogP contribution in [0.15, 0.2) is 42.7 Å². The first-order chi connectivity index (χ1) is 11.2. The summed E-state index contributed by atoms with van der Waals surface area (Å²) in [4.78, 5) is 12.0. The van der Waals surface area contributed by atoms with Crippen molar-refractivity contribution < 1.29 is 9.53 Å². The summed E-state index contributed by atoms with van der Waals surface area (Å²) in [6.45, 7) is 2.13. The zero-order valence-electron chi connectivity index (χ0n) is 13.4. The van der Waals surface area contributed by atoms with E-state index in [1.54, 1.807) is 10.9 Å². The van der Waals surface area contributed by atoms with E-state index in [0.717, 1.165) is 24.1 Å². The highest BCUT2D eigenvalue weighted by molar-refractivity contribution is 5.77. The Morgan fingerprint density at radius 3 is 2.96 bits per heavy atom. The predicted molar refractivity (Wildman–Crippen MR) is 88.3 cm³/mol. The zero-order chi connectivity index (χ0) is 16.1. The van der Waals surface area contributed by atoms with E-state index < -0.39 is 0 Å². The molecule has 0 saturated heterocycles. The van der Waals surface area contributed by atoms with E-state index in [1.165, 1.54) is 12.8 Å². The lowest BCUT2D eigenvalue weighted by atomic mass is 10.1. The summed E-state index contributed by atoms with van der Waals surface area (Å²) in [5, 5.41) is 7.23. The quantitative estimate of drug-likeness (QED) is 0.892. The van der Waals surface area contributed by atoms with E-state index in [0.29, 0.717) is 0 Å². The molecule has 1 N–H and O–H groups in total. The van der Waals surface area contributed by atoms with Gasteiger partial charge in [0.15, 0.2) is 0 Å². The van der Waals surface area contributed by atoms with E-state index in [2.05, 4.69) is 10.4 Å². The molecule has 0 unspecified atom stereocenters. The minimum absolute atomic E-state index is 0.0612. The second-order valence-corrected chi connectivity index (χ2v) is 6.05. The Hall–Kier alpha value is -2.14. The number of amides is 1. The van der Waals surface area contributed by atoms with Crippen LogP contribution in [0.2, 0.25) is 0 Å². The van der Waals surface area contributed by atoms with E-state index in [1.807, 2.05) is 43.5 Å². The van der Waals surface area contributed by atoms with Gasteiger partial charge in [-0.05, 0) is 43.5 Å². The molecule has 1 aliphatic carbocycles. The topological polar surface area (TPSA) is 56.1 Å². The fraction of sp³-hybridized carbons (Fsp3) is 0.444. The number of rotatable bonds is 6. The summed E-state index contributed by atoms with van der Waals surface area (Å²) in [7, 11) is 0. The summed E-state index contributed by atoms with van der Waals surface area (Å²) >= 11 is 0. The van der Waals surface area contributed by atoms with Gasteiger partial charge in [0.2, 0.25) is 5.91 Å². The van der Waals surface area contributed by atoms with Gasteiger partial charge in [0.1, 0.15) is 6.61 Å². The van der Waals surface area contributed by atoms with Crippen LogP contribution in [-0.2, 0) is 9.53 Å². The van der Waals surface area contributed by atoms with Gasteiger partial charge in [-0.25, -0.2) is 4.68 Å². The number of ether oxygens (including phenoxy) is 1. The second kappa shape index (κ2) is 7.42. The summed E-state index contributed by atoms with van der Waals surface area (Å²) in [6, 6.07) is 9.84. The molecule has 5 heteroatoms. The highest BCUT2D eigenvalue weighted by Gasteiger charge is 2.17. The van der Waals surface area contributed by atoms with E-state index in [9.17, 15) is 4.79 Å². The average molecular weight is 313 g/mol. The number of hydrogen-bond donors (Lipinski definition) is 1. The molecule has 0 radical (unpaired) electrons. The molecule has 1 amide bonds. The maximum Gasteiger partial charge on any atom is 0.246 e. The van der Waals surface area contributed by atoms with Crippen molar-refractivity contribution in [2.24, 2.45) is 0 Å². The van der Waals surface area contributed by atoms with Gasteiger partial charge in [0.25, 0.3) is 0 Å². The molecule has 1 heterocycles. The number of hydrogen-bond acceptors (Lipinski definition) is 3. The molecule has 1 aliphatic rings. The molecular formula is C18H23N3O2. The predicted octanol–water partition coefficient (Wildman–Crippen LogP) is 3.01. The molecule has 0 aliphatic heterocycles. The Morgan fingerprint density at radius 2 is 2.22 bits per heavy atom. The lowest BCUT2D eigenvalue weighted by Crippen LogP contribution is -2.31. The lowest BCUT2D eigenvalue weighted by molar-refractivity contribution is -0.128. The van der Waals surface area contributed by atoms with Gasteiger partial charge < -0.3 is 10.1 Å². The Balaban J connectivity index is 1.56. The largest absolute Gasteiger partial charge is 0.368 e. The monoisotopic (exact) mass is 313 g/mol. The fourth-order valence-corrected chi connectivity index (χ4v) is 2.97. The van der Waals surface area contributed by atoms with Crippen LogP contribution in [0.4, 0.5) is 0 Å². The van der Waals surface area contributed by atoms with Gasteiger partial charge in [-0.1, -0.05) is 25.0 Å². The maximum absolute atomic E-state index is 12.0. The fourth-order valence-electron chi connectivity index (χ4n) is 2.97. The van der Waals surface area contributed by atoms with Gasteiger partial charge >= 0.3 is 0 Å². The number of nitrogens with zero attached hydrogens (tertiary/aromatic N) is 2. The van der Waals surface area contributed by atoms with Crippen molar-refractivity contribution >= 4 is 5.91 Å². The lowest BCUT2D eigenvalue weighted by Gasteiger charge is -2.17. The van der Waals surface area contributed by atoms with Crippen molar-refractivity contribution in [3.05, 3.63) is 48.3 Å². The molecule has 3 rings (SSSR count). The molecule has 1 saturated carbocycles. The van der Waals surface area contributed by atoms with Crippen molar-refractivity contribution in [1.29, 1.82) is 0 Å². The van der Waals surface area contributed by atoms with Crippen LogP contribution >= 0.6 is 0 Å². The Kier molecular flexibility index (Phi) is 5.08. The summed E-state index contributed by atoms with van der Waals surface area (Å²) in [5.41, 5.74) is 2.03. The van der Waals surface area contributed by atoms with Crippen LogP contribution in [0.5, 0.6) is 0 Å². The van der Waals surface area contributed by atoms with Crippen LogP contribution in [0.25, 0.3) is 5.69 Å². The van der Waals surface area contributed by atoms with E-state index in [-0.39, 0.29) is 24.7 Å². The highest BCUT2D eigenvalue weighted by Crippen LogP contribution is 2.21. The first-order valence-electron chi connectivity index (χ1n) is 8.23. The summed E-state index contributed by atoms with van der Waals surface area (Å²) < 4.78 is 7.46. The van der Waals surface area contributed by atoms with Gasteiger partial charge in [0.05, 0.1) is 17.8 Å². The van der Waals surface area contributed by atoms with E-state index >= 15 is 0 Å². The molecule has 1 aromatic carbocycles. The number of carbonyl (C=O) groups excluding carboxylic acids is 1. The second-order valence-electron chi connectivity index (χ2n) is 6.05. The van der Waals surface area contributed by atoms with Crippen LogP contribution in [0, 0.1) is 0 Å². The molecule has 1 atom stereocenters. The molecular weight excluding hydrogens is 290 g/mol. The zero-order valence-corrected chi connectivity index (χ0v) is 13.4. The SMILES string of the molecule is C[C@@H](NC(=O)COC1CCCC1)c1cccc(-n2cccn2)c1. The Bertz CT molecular complexity index is 633. The van der Waals surface area contributed by atoms with Crippen LogP contribution in [0.1, 0.15) is 44.2 Å². The molecule has 122 valence electrons. The van der Waals surface area contributed by atoms with Crippen LogP contribution < -0.4 is 5.32 Å². The highest BCUT2D eigenvalue weighted by atomic mass is 16.5. The molecule has 1 fully saturated rings. The number of carbonyl (C=O) groups is 1. The first kappa shape index (κ1) is 15.7. The summed E-state index contributed by atoms with van der Waals surface area (Å²) in [6.07, 6.45) is 8.49. The molecule has 0 spiro atoms. The number of aromatic nitrogens is 2. The molecule has 1 aromatic heterocycles. The summed E-state index contributed by atoms with van der Waals surface area (Å²) in [5.74, 6) is -0.0612. The Morgan fingerprint density at radius 1 is 1.39 bits per heavy atom. The normalized spacial score (nSPS) is 16.4. The minimum atomic E-state index is -0.0646. The van der Waals surface area contributed by atoms with Crippen molar-refractivity contribution in [2.45, 2.75) is 44.8 Å². The average Bonchev–Trinajstić information content (AvgIpc) is 3.26. The third-order valence-corrected chi connectivity index (χ3v) is 4.27. The minimum Gasteiger partial charge on any atom is -0.368 e. The smallest absolute Gasteiger partial charge is 0.246 e. The van der Waals surface area contributed by atoms with Gasteiger partial charge in [-0.2, -0.15) is 5.10 Å². The molecule has 0 bridgehead atoms. The van der Waals surface area contributed by atoms with Crippen LogP contribution in [-0.4, -0.2) is 28.4 Å². The maximum atomic E-state index is 12.0. The van der Waals surface area contributed by atoms with Crippen molar-refractivity contribution in [2.75, 3.05) is 6.61 Å². The van der Waals surface area contributed by atoms with Crippen LogP contribution in [0.3, 0.4) is 0 Å². The van der Waals surface area contributed by atoms with Gasteiger partial charge in [-0.3, -0.25) is 4.79 Å². The number of benzene rings is 1. The molecule has 2 aromatic rings. The first-order valence-corrected chi connectivity index (χ1v) is 8.23. The molecule has 5 nitrogen and oxygen atoms in total. The molecule has 23 heavy (non-hydrogen) atoms. The van der Waals surface area contributed by atoms with Crippen molar-refractivity contribution in [1.82, 2.24) is 15.1 Å². The standard InChI is InChI=1S/C18H23N3O2/c1-14(20-18(22)13-23-17-8-2-3-9-17)15-6-4-7-16(12-15)21-11-5-10-19-21/h4-7,10-12,14,17H,2-3,8-9,13H2,1H3,(H,20,22)/t14-/m1/s1. The third kappa shape index (κ3) is 4.20.